The van der Waals surface area contributed by atoms with Gasteiger partial charge in [-0.25, -0.2) is 4.39 Å². The van der Waals surface area contributed by atoms with Crippen LogP contribution in [0.25, 0.3) is 0 Å². The second-order valence-corrected chi connectivity index (χ2v) is 4.78. The van der Waals surface area contributed by atoms with Gasteiger partial charge in [0.05, 0.1) is 13.2 Å². The molecule has 5 heteroatoms. The fourth-order valence-electron chi connectivity index (χ4n) is 1.81. The number of halogens is 1. The molecule has 0 radical (unpaired) electrons. The molecule has 0 bridgehead atoms. The smallest absolute Gasteiger partial charge is 0.243 e. The Morgan fingerprint density at radius 3 is 2.32 bits per heavy atom. The van der Waals surface area contributed by atoms with Gasteiger partial charge >= 0.3 is 0 Å². The lowest BCUT2D eigenvalue weighted by molar-refractivity contribution is -0.114. The Bertz CT molecular complexity index is 597. The number of benzene rings is 2. The van der Waals surface area contributed by atoms with Crippen LogP contribution >= 0.6 is 0 Å². The minimum Gasteiger partial charge on any atom is -0.494 e. The van der Waals surface area contributed by atoms with Crippen molar-refractivity contribution >= 4 is 17.3 Å². The zero-order chi connectivity index (χ0) is 15.8. The van der Waals surface area contributed by atoms with E-state index in [1.807, 2.05) is 19.1 Å². The van der Waals surface area contributed by atoms with Crippen molar-refractivity contribution in [2.75, 3.05) is 23.8 Å². The van der Waals surface area contributed by atoms with Crippen LogP contribution in [0.4, 0.5) is 15.8 Å². The van der Waals surface area contributed by atoms with Crippen LogP contribution in [0.1, 0.15) is 13.3 Å². The van der Waals surface area contributed by atoms with Gasteiger partial charge in [-0.05, 0) is 55.0 Å². The topological polar surface area (TPSA) is 50.4 Å². The predicted molar refractivity (Wildman–Crippen MR) is 85.7 cm³/mol. The molecule has 0 aliphatic carbocycles. The van der Waals surface area contributed by atoms with Gasteiger partial charge in [0, 0.05) is 11.4 Å². The number of anilines is 2. The molecule has 22 heavy (non-hydrogen) atoms. The number of nitrogens with one attached hydrogen (secondary N) is 2. The second-order valence-electron chi connectivity index (χ2n) is 4.78. The minimum absolute atomic E-state index is 0.111. The molecule has 2 aromatic carbocycles. The number of hydrogen-bond acceptors (Lipinski definition) is 3. The van der Waals surface area contributed by atoms with E-state index in [9.17, 15) is 9.18 Å². The maximum absolute atomic E-state index is 12.8. The summed E-state index contributed by atoms with van der Waals surface area (Å²) in [4.78, 5) is 11.8. The summed E-state index contributed by atoms with van der Waals surface area (Å²) in [6, 6.07) is 13.1. The summed E-state index contributed by atoms with van der Waals surface area (Å²) in [5, 5.41) is 5.70. The molecule has 1 amide bonds. The van der Waals surface area contributed by atoms with Crippen LogP contribution in [0.2, 0.25) is 0 Å². The molecule has 0 aliphatic heterocycles. The Morgan fingerprint density at radius 1 is 1.05 bits per heavy atom. The van der Waals surface area contributed by atoms with Crippen LogP contribution in [0.5, 0.6) is 5.75 Å². The second kappa shape index (κ2) is 8.02. The fraction of sp³-hybridized carbons (Fsp3) is 0.235. The van der Waals surface area contributed by atoms with E-state index in [2.05, 4.69) is 10.6 Å². The van der Waals surface area contributed by atoms with Gasteiger partial charge in [-0.15, -0.1) is 0 Å². The highest BCUT2D eigenvalue weighted by molar-refractivity contribution is 5.93. The van der Waals surface area contributed by atoms with Crippen LogP contribution in [0.15, 0.2) is 48.5 Å². The minimum atomic E-state index is -0.305. The van der Waals surface area contributed by atoms with Crippen LogP contribution in [0.3, 0.4) is 0 Å². The van der Waals surface area contributed by atoms with Gasteiger partial charge < -0.3 is 15.4 Å². The van der Waals surface area contributed by atoms with Crippen molar-refractivity contribution in [3.05, 3.63) is 54.3 Å². The molecule has 2 aromatic rings. The average Bonchev–Trinajstić information content (AvgIpc) is 2.54. The number of rotatable bonds is 7. The number of ether oxygens (including phenoxy) is 1. The molecule has 0 aliphatic rings. The third kappa shape index (κ3) is 5.09. The van der Waals surface area contributed by atoms with Crippen molar-refractivity contribution in [1.82, 2.24) is 0 Å². The Kier molecular flexibility index (Phi) is 5.77. The van der Waals surface area contributed by atoms with Crippen LogP contribution in [-0.2, 0) is 4.79 Å². The lowest BCUT2D eigenvalue weighted by Crippen LogP contribution is -2.21. The summed E-state index contributed by atoms with van der Waals surface area (Å²) in [6.45, 7) is 2.83. The van der Waals surface area contributed by atoms with E-state index >= 15 is 0 Å². The third-order valence-electron chi connectivity index (χ3n) is 2.91. The van der Waals surface area contributed by atoms with E-state index in [0.29, 0.717) is 18.0 Å². The van der Waals surface area contributed by atoms with Gasteiger partial charge in [0.1, 0.15) is 11.6 Å². The van der Waals surface area contributed by atoms with Gasteiger partial charge in [0.25, 0.3) is 0 Å². The maximum Gasteiger partial charge on any atom is 0.243 e. The Labute approximate surface area is 129 Å². The number of hydrogen-bond donors (Lipinski definition) is 2. The first-order valence-electron chi connectivity index (χ1n) is 7.19. The summed E-state index contributed by atoms with van der Waals surface area (Å²) >= 11 is 0. The molecular weight excluding hydrogens is 283 g/mol. The van der Waals surface area contributed by atoms with E-state index < -0.39 is 0 Å². The van der Waals surface area contributed by atoms with Crippen molar-refractivity contribution in [2.45, 2.75) is 13.3 Å². The highest BCUT2D eigenvalue weighted by atomic mass is 19.1. The van der Waals surface area contributed by atoms with Gasteiger partial charge in [-0.2, -0.15) is 0 Å². The summed E-state index contributed by atoms with van der Waals surface area (Å²) < 4.78 is 18.2. The van der Waals surface area contributed by atoms with Crippen LogP contribution in [0, 0.1) is 5.82 Å². The summed E-state index contributed by atoms with van der Waals surface area (Å²) in [5.74, 6) is 0.302. The largest absolute Gasteiger partial charge is 0.494 e. The molecule has 0 saturated carbocycles. The summed E-state index contributed by atoms with van der Waals surface area (Å²) in [6.07, 6.45) is 0.952. The lowest BCUT2D eigenvalue weighted by atomic mass is 10.3. The lowest BCUT2D eigenvalue weighted by Gasteiger charge is -2.09. The van der Waals surface area contributed by atoms with Crippen molar-refractivity contribution in [1.29, 1.82) is 0 Å². The van der Waals surface area contributed by atoms with E-state index in [1.54, 1.807) is 24.3 Å². The number of carbonyl (C=O) groups is 1. The molecule has 0 heterocycles. The van der Waals surface area contributed by atoms with Gasteiger partial charge in [-0.1, -0.05) is 6.92 Å². The molecule has 0 aromatic heterocycles. The Hall–Kier alpha value is -2.56. The molecule has 116 valence electrons. The van der Waals surface area contributed by atoms with E-state index in [1.165, 1.54) is 12.1 Å². The van der Waals surface area contributed by atoms with Gasteiger partial charge in [0.2, 0.25) is 5.91 Å². The summed E-state index contributed by atoms with van der Waals surface area (Å²) in [5.41, 5.74) is 1.40. The molecule has 0 spiro atoms. The van der Waals surface area contributed by atoms with Crippen molar-refractivity contribution in [3.8, 4) is 5.75 Å². The molecule has 0 saturated heterocycles. The van der Waals surface area contributed by atoms with Crippen molar-refractivity contribution in [2.24, 2.45) is 0 Å². The first-order valence-corrected chi connectivity index (χ1v) is 7.19. The molecule has 2 N–H and O–H groups in total. The number of amides is 1. The molecule has 0 unspecified atom stereocenters. The molecule has 0 atom stereocenters. The first-order chi connectivity index (χ1) is 10.7. The van der Waals surface area contributed by atoms with E-state index in [0.717, 1.165) is 12.2 Å². The highest BCUT2D eigenvalue weighted by Gasteiger charge is 2.03. The van der Waals surface area contributed by atoms with Crippen molar-refractivity contribution < 1.29 is 13.9 Å². The Morgan fingerprint density at radius 2 is 1.68 bits per heavy atom. The van der Waals surface area contributed by atoms with E-state index in [-0.39, 0.29) is 18.3 Å². The average molecular weight is 302 g/mol. The predicted octanol–water partition coefficient (Wildman–Crippen LogP) is 3.67. The van der Waals surface area contributed by atoms with Crippen LogP contribution < -0.4 is 15.4 Å². The monoisotopic (exact) mass is 302 g/mol. The SMILES string of the molecule is CCCOc1ccc(NC(=O)CNc2ccc(F)cc2)cc1. The van der Waals surface area contributed by atoms with E-state index in [4.69, 9.17) is 4.74 Å². The standard InChI is InChI=1S/C17H19FN2O2/c1-2-11-22-16-9-7-15(8-10-16)20-17(21)12-19-14-5-3-13(18)4-6-14/h3-10,19H,2,11-12H2,1H3,(H,20,21). The zero-order valence-corrected chi connectivity index (χ0v) is 12.4. The third-order valence-corrected chi connectivity index (χ3v) is 2.91. The normalized spacial score (nSPS) is 10.1. The van der Waals surface area contributed by atoms with Gasteiger partial charge in [-0.3, -0.25) is 4.79 Å². The quantitative estimate of drug-likeness (QED) is 0.820. The first kappa shape index (κ1) is 15.8. The van der Waals surface area contributed by atoms with Gasteiger partial charge in [0.15, 0.2) is 0 Å². The zero-order valence-electron chi connectivity index (χ0n) is 12.4. The number of carbonyl (C=O) groups excluding carboxylic acids is 1. The molecule has 0 fully saturated rings. The molecule has 2 rings (SSSR count). The van der Waals surface area contributed by atoms with Crippen molar-refractivity contribution in [3.63, 3.8) is 0 Å². The molecule has 4 nitrogen and oxygen atoms in total. The molecular formula is C17H19FN2O2. The highest BCUT2D eigenvalue weighted by Crippen LogP contribution is 2.16. The van der Waals surface area contributed by atoms with Crippen LogP contribution in [-0.4, -0.2) is 19.1 Å². The Balaban J connectivity index is 1.80. The summed E-state index contributed by atoms with van der Waals surface area (Å²) in [7, 11) is 0. The maximum atomic E-state index is 12.8. The fourth-order valence-corrected chi connectivity index (χ4v) is 1.81.